The van der Waals surface area contributed by atoms with Crippen molar-refractivity contribution < 1.29 is 4.79 Å². The van der Waals surface area contributed by atoms with Crippen molar-refractivity contribution in [3.63, 3.8) is 0 Å². The smallest absolute Gasteiger partial charge is 0.234 e. The van der Waals surface area contributed by atoms with Gasteiger partial charge in [0.05, 0.1) is 11.4 Å². The summed E-state index contributed by atoms with van der Waals surface area (Å²) in [7, 11) is 0. The molecular formula is C23H20BrN5OS. The third-order valence-electron chi connectivity index (χ3n) is 4.78. The maximum Gasteiger partial charge on any atom is 0.234 e. The average Bonchev–Trinajstić information content (AvgIpc) is 3.20. The fourth-order valence-corrected chi connectivity index (χ4v) is 4.03. The van der Waals surface area contributed by atoms with Crippen LogP contribution in [0.25, 0.3) is 17.1 Å². The molecule has 2 aromatic heterocycles. The van der Waals surface area contributed by atoms with Gasteiger partial charge < -0.3 is 5.32 Å². The summed E-state index contributed by atoms with van der Waals surface area (Å²) in [6, 6.07) is 17.5. The first kappa shape index (κ1) is 21.3. The van der Waals surface area contributed by atoms with E-state index < -0.39 is 0 Å². The van der Waals surface area contributed by atoms with E-state index in [2.05, 4.69) is 62.4 Å². The molecule has 1 amide bonds. The quantitative estimate of drug-likeness (QED) is 0.362. The number of benzene rings is 2. The SMILES string of the molecule is Cc1ccc(-n2c(SCC(=O)Nc3ccc(Br)cc3)nnc2-c2ccncc2)cc1C. The standard InChI is InChI=1S/C23H20BrN5OS/c1-15-3-8-20(13-16(15)2)29-22(17-9-11-25-12-10-17)27-28-23(29)31-14-21(30)26-19-6-4-18(24)5-7-19/h3-13H,14H2,1-2H3,(H,26,30). The molecule has 2 aromatic carbocycles. The number of amides is 1. The molecule has 156 valence electrons. The Morgan fingerprint density at radius 3 is 2.45 bits per heavy atom. The van der Waals surface area contributed by atoms with Gasteiger partial charge in [-0.15, -0.1) is 10.2 Å². The van der Waals surface area contributed by atoms with Crippen molar-refractivity contribution in [3.8, 4) is 17.1 Å². The highest BCUT2D eigenvalue weighted by molar-refractivity contribution is 9.10. The van der Waals surface area contributed by atoms with Crippen molar-refractivity contribution in [1.82, 2.24) is 19.7 Å². The molecule has 2 heterocycles. The molecule has 4 rings (SSSR count). The van der Waals surface area contributed by atoms with E-state index in [-0.39, 0.29) is 11.7 Å². The van der Waals surface area contributed by atoms with E-state index >= 15 is 0 Å². The van der Waals surface area contributed by atoms with Crippen LogP contribution in [0.1, 0.15) is 11.1 Å². The Morgan fingerprint density at radius 1 is 1.00 bits per heavy atom. The molecule has 0 aliphatic heterocycles. The minimum atomic E-state index is -0.104. The largest absolute Gasteiger partial charge is 0.325 e. The number of hydrogen-bond donors (Lipinski definition) is 1. The van der Waals surface area contributed by atoms with Crippen molar-refractivity contribution in [2.24, 2.45) is 0 Å². The molecule has 31 heavy (non-hydrogen) atoms. The Balaban J connectivity index is 1.61. The molecule has 6 nitrogen and oxygen atoms in total. The van der Waals surface area contributed by atoms with Crippen molar-refractivity contribution in [2.75, 3.05) is 11.1 Å². The third-order valence-corrected chi connectivity index (χ3v) is 6.24. The number of nitrogens with one attached hydrogen (secondary N) is 1. The number of thioether (sulfide) groups is 1. The van der Waals surface area contributed by atoms with Crippen molar-refractivity contribution in [3.05, 3.63) is 82.6 Å². The van der Waals surface area contributed by atoms with Gasteiger partial charge in [-0.05, 0) is 73.5 Å². The Labute approximate surface area is 193 Å². The predicted octanol–water partition coefficient (Wildman–Crippen LogP) is 5.44. The Hall–Kier alpha value is -2.97. The van der Waals surface area contributed by atoms with Gasteiger partial charge in [0, 0.05) is 28.1 Å². The molecule has 0 unspecified atom stereocenters. The fourth-order valence-electron chi connectivity index (χ4n) is 3.01. The molecule has 0 fully saturated rings. The monoisotopic (exact) mass is 493 g/mol. The van der Waals surface area contributed by atoms with E-state index in [0.717, 1.165) is 21.4 Å². The maximum absolute atomic E-state index is 12.5. The van der Waals surface area contributed by atoms with Crippen molar-refractivity contribution >= 4 is 39.3 Å². The lowest BCUT2D eigenvalue weighted by molar-refractivity contribution is -0.113. The summed E-state index contributed by atoms with van der Waals surface area (Å²) in [6.45, 7) is 4.16. The van der Waals surface area contributed by atoms with E-state index in [4.69, 9.17) is 0 Å². The zero-order valence-electron chi connectivity index (χ0n) is 17.0. The molecular weight excluding hydrogens is 474 g/mol. The molecule has 4 aromatic rings. The number of hydrogen-bond acceptors (Lipinski definition) is 5. The molecule has 0 radical (unpaired) electrons. The van der Waals surface area contributed by atoms with Crippen LogP contribution in [0.5, 0.6) is 0 Å². The highest BCUT2D eigenvalue weighted by Gasteiger charge is 2.18. The number of aromatic nitrogens is 4. The number of carbonyl (C=O) groups is 1. The molecule has 0 atom stereocenters. The van der Waals surface area contributed by atoms with Crippen LogP contribution in [0.3, 0.4) is 0 Å². The molecule has 0 aliphatic rings. The number of anilines is 1. The van der Waals surface area contributed by atoms with E-state index in [0.29, 0.717) is 11.0 Å². The normalized spacial score (nSPS) is 10.8. The van der Waals surface area contributed by atoms with Crippen molar-refractivity contribution in [2.45, 2.75) is 19.0 Å². The summed E-state index contributed by atoms with van der Waals surface area (Å²) < 4.78 is 2.95. The van der Waals surface area contributed by atoms with Gasteiger partial charge in [-0.25, -0.2) is 0 Å². The van der Waals surface area contributed by atoms with Gasteiger partial charge >= 0.3 is 0 Å². The lowest BCUT2D eigenvalue weighted by atomic mass is 10.1. The lowest BCUT2D eigenvalue weighted by Crippen LogP contribution is -2.14. The number of rotatable bonds is 6. The van der Waals surface area contributed by atoms with Crippen LogP contribution in [0, 0.1) is 13.8 Å². The molecule has 0 aliphatic carbocycles. The molecule has 8 heteroatoms. The molecule has 0 spiro atoms. The van der Waals surface area contributed by atoms with Gasteiger partial charge in [-0.1, -0.05) is 33.8 Å². The van der Waals surface area contributed by atoms with Crippen LogP contribution in [0.2, 0.25) is 0 Å². The first-order valence-corrected chi connectivity index (χ1v) is 11.4. The maximum atomic E-state index is 12.5. The van der Waals surface area contributed by atoms with E-state index in [1.165, 1.54) is 22.9 Å². The number of halogens is 1. The third kappa shape index (κ3) is 5.03. The first-order valence-electron chi connectivity index (χ1n) is 9.63. The zero-order valence-corrected chi connectivity index (χ0v) is 19.4. The van der Waals surface area contributed by atoms with Crippen LogP contribution in [-0.4, -0.2) is 31.4 Å². The minimum Gasteiger partial charge on any atom is -0.325 e. The fraction of sp³-hybridized carbons (Fsp3) is 0.130. The highest BCUT2D eigenvalue weighted by atomic mass is 79.9. The first-order chi connectivity index (χ1) is 15.0. The average molecular weight is 494 g/mol. The number of carbonyl (C=O) groups excluding carboxylic acids is 1. The Kier molecular flexibility index (Phi) is 6.48. The van der Waals surface area contributed by atoms with E-state index in [1.807, 2.05) is 47.0 Å². The van der Waals surface area contributed by atoms with Gasteiger partial charge in [0.15, 0.2) is 11.0 Å². The van der Waals surface area contributed by atoms with Crippen LogP contribution in [0.15, 0.2) is 76.6 Å². The van der Waals surface area contributed by atoms with Gasteiger partial charge in [-0.2, -0.15) is 0 Å². The zero-order chi connectivity index (χ0) is 21.8. The second kappa shape index (κ2) is 9.45. The Morgan fingerprint density at radius 2 is 1.74 bits per heavy atom. The summed E-state index contributed by atoms with van der Waals surface area (Å²) >= 11 is 4.75. The second-order valence-electron chi connectivity index (χ2n) is 6.99. The topological polar surface area (TPSA) is 72.7 Å². The van der Waals surface area contributed by atoms with Crippen LogP contribution >= 0.6 is 27.7 Å². The second-order valence-corrected chi connectivity index (χ2v) is 8.85. The Bertz CT molecular complexity index is 1210. The molecule has 1 N–H and O–H groups in total. The highest BCUT2D eigenvalue weighted by Crippen LogP contribution is 2.28. The summed E-state index contributed by atoms with van der Waals surface area (Å²) in [6.07, 6.45) is 3.46. The number of pyridine rings is 1. The predicted molar refractivity (Wildman–Crippen MR) is 128 cm³/mol. The van der Waals surface area contributed by atoms with Crippen molar-refractivity contribution in [1.29, 1.82) is 0 Å². The molecule has 0 saturated heterocycles. The van der Waals surface area contributed by atoms with Crippen LogP contribution in [0.4, 0.5) is 5.69 Å². The van der Waals surface area contributed by atoms with E-state index in [1.54, 1.807) is 12.4 Å². The van der Waals surface area contributed by atoms with E-state index in [9.17, 15) is 4.79 Å². The summed E-state index contributed by atoms with van der Waals surface area (Å²) in [5.41, 5.74) is 5.01. The van der Waals surface area contributed by atoms with Gasteiger partial charge in [0.25, 0.3) is 0 Å². The number of nitrogens with zero attached hydrogens (tertiary/aromatic N) is 4. The lowest BCUT2D eigenvalue weighted by Gasteiger charge is -2.12. The number of aryl methyl sites for hydroxylation is 2. The van der Waals surface area contributed by atoms with Crippen LogP contribution < -0.4 is 5.32 Å². The molecule has 0 saturated carbocycles. The summed E-state index contributed by atoms with van der Waals surface area (Å²) in [4.78, 5) is 16.6. The summed E-state index contributed by atoms with van der Waals surface area (Å²) in [5.74, 6) is 0.823. The minimum absolute atomic E-state index is 0.104. The summed E-state index contributed by atoms with van der Waals surface area (Å²) in [5, 5.41) is 12.4. The van der Waals surface area contributed by atoms with Gasteiger partial charge in [0.2, 0.25) is 5.91 Å². The van der Waals surface area contributed by atoms with Gasteiger partial charge in [-0.3, -0.25) is 14.3 Å². The molecule has 0 bridgehead atoms. The van der Waals surface area contributed by atoms with Gasteiger partial charge in [0.1, 0.15) is 0 Å². The van der Waals surface area contributed by atoms with Crippen LogP contribution in [-0.2, 0) is 4.79 Å².